The molecule has 0 spiro atoms. The summed E-state index contributed by atoms with van der Waals surface area (Å²) in [5.41, 5.74) is 0.782. The maximum Gasteiger partial charge on any atom is 0.328 e. The average Bonchev–Trinajstić information content (AvgIpc) is 3.24. The molecule has 28 heavy (non-hydrogen) atoms. The Balaban J connectivity index is 1.73. The van der Waals surface area contributed by atoms with Gasteiger partial charge in [0.15, 0.2) is 5.82 Å². The fraction of sp³-hybridized carbons (Fsp3) is 0.176. The molecule has 0 aliphatic rings. The zero-order valence-electron chi connectivity index (χ0n) is 14.4. The van der Waals surface area contributed by atoms with Crippen LogP contribution in [0.1, 0.15) is 28.9 Å². The molecule has 0 aliphatic carbocycles. The van der Waals surface area contributed by atoms with E-state index < -0.39 is 23.7 Å². The Morgan fingerprint density at radius 2 is 2.04 bits per heavy atom. The lowest BCUT2D eigenvalue weighted by atomic mass is 10.2. The third-order valence-corrected chi connectivity index (χ3v) is 4.54. The molecule has 1 aromatic carbocycles. The highest BCUT2D eigenvalue weighted by molar-refractivity contribution is 6.33. The van der Waals surface area contributed by atoms with E-state index >= 15 is 0 Å². The second-order valence-corrected chi connectivity index (χ2v) is 6.75. The zero-order valence-corrected chi connectivity index (χ0v) is 15.9. The number of carboxylic acid groups (broad SMARTS) is 1. The van der Waals surface area contributed by atoms with E-state index in [4.69, 9.17) is 28.3 Å². The van der Waals surface area contributed by atoms with Crippen molar-refractivity contribution in [1.29, 1.82) is 0 Å². The molecule has 3 aromatic rings. The Morgan fingerprint density at radius 3 is 2.71 bits per heavy atom. The lowest BCUT2D eigenvalue weighted by Crippen LogP contribution is -2.16. The fourth-order valence-electron chi connectivity index (χ4n) is 2.35. The molecular formula is C17H14Cl2FN5O3. The van der Waals surface area contributed by atoms with E-state index in [1.165, 1.54) is 48.4 Å². The van der Waals surface area contributed by atoms with Crippen LogP contribution in [0.4, 0.5) is 10.2 Å². The van der Waals surface area contributed by atoms with E-state index in [9.17, 15) is 14.0 Å². The second kappa shape index (κ2) is 7.99. The van der Waals surface area contributed by atoms with Crippen LogP contribution in [0.3, 0.4) is 0 Å². The monoisotopic (exact) mass is 425 g/mol. The summed E-state index contributed by atoms with van der Waals surface area (Å²) >= 11 is 12.1. The van der Waals surface area contributed by atoms with Gasteiger partial charge in [-0.05, 0) is 24.6 Å². The van der Waals surface area contributed by atoms with Crippen LogP contribution in [0.25, 0.3) is 0 Å². The number of amides is 1. The molecule has 0 radical (unpaired) electrons. The standard InChI is InChI=1S/C17H14Cl2FN5O3/c1-9(17(27)28)25-7-11(5-21-25)16(26)22-15-14(19)8-24(23-15)6-10-2-3-12(20)4-13(10)18/h2-5,7-9H,6H2,1H3,(H,27,28)(H,22,23,26). The van der Waals surface area contributed by atoms with Crippen LogP contribution in [-0.2, 0) is 11.3 Å². The SMILES string of the molecule is CC(C(=O)O)n1cc(C(=O)Nc2nn(Cc3ccc(F)cc3Cl)cc2Cl)cn1. The van der Waals surface area contributed by atoms with E-state index in [2.05, 4.69) is 15.5 Å². The summed E-state index contributed by atoms with van der Waals surface area (Å²) in [6, 6.07) is 3.10. The lowest BCUT2D eigenvalue weighted by molar-refractivity contribution is -0.140. The maximum atomic E-state index is 13.1. The third kappa shape index (κ3) is 4.32. The molecule has 0 bridgehead atoms. The molecular weight excluding hydrogens is 412 g/mol. The molecule has 0 fully saturated rings. The summed E-state index contributed by atoms with van der Waals surface area (Å²) in [6.07, 6.45) is 4.06. The maximum absolute atomic E-state index is 13.1. The zero-order chi connectivity index (χ0) is 20.4. The van der Waals surface area contributed by atoms with Gasteiger partial charge in [-0.1, -0.05) is 29.3 Å². The number of nitrogens with one attached hydrogen (secondary N) is 1. The molecule has 146 valence electrons. The number of carbonyl (C=O) groups is 2. The van der Waals surface area contributed by atoms with Gasteiger partial charge in [0.25, 0.3) is 5.91 Å². The van der Waals surface area contributed by atoms with Crippen LogP contribution in [0.15, 0.2) is 36.8 Å². The largest absolute Gasteiger partial charge is 0.480 e. The molecule has 1 unspecified atom stereocenters. The van der Waals surface area contributed by atoms with Crippen LogP contribution in [0, 0.1) is 5.82 Å². The quantitative estimate of drug-likeness (QED) is 0.629. The second-order valence-electron chi connectivity index (χ2n) is 5.94. The van der Waals surface area contributed by atoms with Gasteiger partial charge in [0.2, 0.25) is 0 Å². The highest BCUT2D eigenvalue weighted by Gasteiger charge is 2.18. The molecule has 11 heteroatoms. The van der Waals surface area contributed by atoms with Crippen molar-refractivity contribution in [3.63, 3.8) is 0 Å². The number of benzene rings is 1. The predicted octanol–water partition coefficient (Wildman–Crippen LogP) is 3.47. The number of halogens is 3. The lowest BCUT2D eigenvalue weighted by Gasteiger charge is -2.05. The summed E-state index contributed by atoms with van der Waals surface area (Å²) in [5, 5.41) is 20.0. The number of hydrogen-bond donors (Lipinski definition) is 2. The summed E-state index contributed by atoms with van der Waals surface area (Å²) in [6.45, 7) is 1.67. The van der Waals surface area contributed by atoms with Gasteiger partial charge < -0.3 is 10.4 Å². The van der Waals surface area contributed by atoms with E-state index in [0.29, 0.717) is 5.56 Å². The van der Waals surface area contributed by atoms with Crippen LogP contribution < -0.4 is 5.32 Å². The van der Waals surface area contributed by atoms with Crippen LogP contribution in [0.5, 0.6) is 0 Å². The number of carboxylic acids is 1. The predicted molar refractivity (Wildman–Crippen MR) is 100 cm³/mol. The highest BCUT2D eigenvalue weighted by atomic mass is 35.5. The minimum Gasteiger partial charge on any atom is -0.480 e. The van der Waals surface area contributed by atoms with Gasteiger partial charge in [0.1, 0.15) is 16.9 Å². The first kappa shape index (κ1) is 19.8. The van der Waals surface area contributed by atoms with Crippen LogP contribution in [0.2, 0.25) is 10.0 Å². The molecule has 0 aliphatic heterocycles. The van der Waals surface area contributed by atoms with E-state index in [1.807, 2.05) is 0 Å². The smallest absolute Gasteiger partial charge is 0.328 e. The Morgan fingerprint density at radius 1 is 1.29 bits per heavy atom. The third-order valence-electron chi connectivity index (χ3n) is 3.91. The Bertz CT molecular complexity index is 1050. The van der Waals surface area contributed by atoms with Crippen molar-refractivity contribution in [2.45, 2.75) is 19.5 Å². The molecule has 2 N–H and O–H groups in total. The molecule has 0 saturated heterocycles. The van der Waals surface area contributed by atoms with Gasteiger partial charge in [0.05, 0.1) is 18.3 Å². The van der Waals surface area contributed by atoms with E-state index in [0.717, 1.165) is 4.68 Å². The van der Waals surface area contributed by atoms with Crippen LogP contribution in [-0.4, -0.2) is 36.5 Å². The number of rotatable bonds is 6. The molecule has 2 aromatic heterocycles. The number of anilines is 1. The summed E-state index contributed by atoms with van der Waals surface area (Å²) in [4.78, 5) is 23.3. The van der Waals surface area contributed by atoms with Gasteiger partial charge in [-0.15, -0.1) is 0 Å². The van der Waals surface area contributed by atoms with Crippen molar-refractivity contribution in [3.8, 4) is 0 Å². The van der Waals surface area contributed by atoms with Gasteiger partial charge >= 0.3 is 5.97 Å². The first-order chi connectivity index (χ1) is 13.2. The van der Waals surface area contributed by atoms with Crippen molar-refractivity contribution in [2.75, 3.05) is 5.32 Å². The van der Waals surface area contributed by atoms with Crippen molar-refractivity contribution in [1.82, 2.24) is 19.6 Å². The highest BCUT2D eigenvalue weighted by Crippen LogP contribution is 2.23. The number of nitrogens with zero attached hydrogens (tertiary/aromatic N) is 4. The van der Waals surface area contributed by atoms with Gasteiger partial charge in [0, 0.05) is 17.4 Å². The Hall–Kier alpha value is -2.91. The minimum absolute atomic E-state index is 0.115. The number of hydrogen-bond acceptors (Lipinski definition) is 4. The summed E-state index contributed by atoms with van der Waals surface area (Å²) < 4.78 is 15.8. The molecule has 3 rings (SSSR count). The van der Waals surface area contributed by atoms with Gasteiger partial charge in [-0.3, -0.25) is 14.2 Å². The Labute approximate surface area is 168 Å². The molecule has 2 heterocycles. The fourth-order valence-corrected chi connectivity index (χ4v) is 2.77. The first-order valence-electron chi connectivity index (χ1n) is 8.00. The van der Waals surface area contributed by atoms with Crippen molar-refractivity contribution < 1.29 is 19.1 Å². The molecule has 1 amide bonds. The number of aliphatic carboxylic acids is 1. The van der Waals surface area contributed by atoms with Crippen molar-refractivity contribution >= 4 is 40.9 Å². The summed E-state index contributed by atoms with van der Waals surface area (Å²) in [7, 11) is 0. The molecule has 1 atom stereocenters. The molecule has 0 saturated carbocycles. The summed E-state index contributed by atoms with van der Waals surface area (Å²) in [5.74, 6) is -1.95. The minimum atomic E-state index is -1.07. The Kier molecular flexibility index (Phi) is 5.66. The number of aromatic nitrogens is 4. The normalized spacial score (nSPS) is 12.0. The number of carbonyl (C=O) groups excluding carboxylic acids is 1. The van der Waals surface area contributed by atoms with Crippen molar-refractivity contribution in [2.24, 2.45) is 0 Å². The van der Waals surface area contributed by atoms with Gasteiger partial charge in [-0.2, -0.15) is 10.2 Å². The van der Waals surface area contributed by atoms with Gasteiger partial charge in [-0.25, -0.2) is 9.18 Å². The molecule has 8 nitrogen and oxygen atoms in total. The topological polar surface area (TPSA) is 102 Å². The first-order valence-corrected chi connectivity index (χ1v) is 8.75. The average molecular weight is 426 g/mol. The van der Waals surface area contributed by atoms with E-state index in [-0.39, 0.29) is 28.0 Å². The van der Waals surface area contributed by atoms with E-state index in [1.54, 1.807) is 0 Å². The van der Waals surface area contributed by atoms with Crippen LogP contribution >= 0.6 is 23.2 Å². The van der Waals surface area contributed by atoms with Crippen molar-refractivity contribution in [3.05, 3.63) is 63.8 Å².